The SMILES string of the molecule is COc1cc(Cl)cc(-c2c(Cl)cccc2Cl)c1. The molecule has 17 heavy (non-hydrogen) atoms. The molecule has 2 aromatic carbocycles. The summed E-state index contributed by atoms with van der Waals surface area (Å²) < 4.78 is 5.17. The summed E-state index contributed by atoms with van der Waals surface area (Å²) >= 11 is 18.3. The van der Waals surface area contributed by atoms with Crippen LogP contribution in [0.3, 0.4) is 0 Å². The Balaban J connectivity index is 2.64. The van der Waals surface area contributed by atoms with Crippen LogP contribution in [0.1, 0.15) is 0 Å². The number of hydrogen-bond acceptors (Lipinski definition) is 1. The summed E-state index contributed by atoms with van der Waals surface area (Å²) in [6.45, 7) is 0. The van der Waals surface area contributed by atoms with Crippen LogP contribution in [0.4, 0.5) is 0 Å². The zero-order valence-corrected chi connectivity index (χ0v) is 11.3. The van der Waals surface area contributed by atoms with Gasteiger partial charge in [-0.3, -0.25) is 0 Å². The Hall–Kier alpha value is -0.890. The summed E-state index contributed by atoms with van der Waals surface area (Å²) in [5.74, 6) is 0.670. The van der Waals surface area contributed by atoms with Gasteiger partial charge in [0.1, 0.15) is 5.75 Å². The first-order valence-corrected chi connectivity index (χ1v) is 6.04. The molecule has 0 aliphatic heterocycles. The average molecular weight is 288 g/mol. The van der Waals surface area contributed by atoms with Crippen LogP contribution in [0.2, 0.25) is 15.1 Å². The van der Waals surface area contributed by atoms with E-state index in [1.54, 1.807) is 37.4 Å². The molecule has 0 aliphatic carbocycles. The smallest absolute Gasteiger partial charge is 0.120 e. The Kier molecular flexibility index (Phi) is 3.82. The molecule has 0 fully saturated rings. The van der Waals surface area contributed by atoms with Gasteiger partial charge in [-0.15, -0.1) is 0 Å². The van der Waals surface area contributed by atoms with Crippen LogP contribution >= 0.6 is 34.8 Å². The van der Waals surface area contributed by atoms with Crippen molar-refractivity contribution in [3.63, 3.8) is 0 Å². The second kappa shape index (κ2) is 5.18. The van der Waals surface area contributed by atoms with Gasteiger partial charge in [0, 0.05) is 20.6 Å². The Morgan fingerprint density at radius 2 is 1.59 bits per heavy atom. The first kappa shape index (κ1) is 12.6. The molecule has 0 heterocycles. The normalized spacial score (nSPS) is 10.4. The van der Waals surface area contributed by atoms with Gasteiger partial charge in [0.2, 0.25) is 0 Å². The largest absolute Gasteiger partial charge is 0.497 e. The molecule has 0 bridgehead atoms. The standard InChI is InChI=1S/C13H9Cl3O/c1-17-10-6-8(5-9(14)7-10)13-11(15)3-2-4-12(13)16/h2-7H,1H3. The summed E-state index contributed by atoms with van der Waals surface area (Å²) in [5.41, 5.74) is 1.60. The third-order valence-corrected chi connectivity index (χ3v) is 3.21. The molecule has 4 heteroatoms. The van der Waals surface area contributed by atoms with Gasteiger partial charge in [-0.1, -0.05) is 40.9 Å². The summed E-state index contributed by atoms with van der Waals surface area (Å²) in [5, 5.41) is 1.75. The van der Waals surface area contributed by atoms with Crippen molar-refractivity contribution in [3.8, 4) is 16.9 Å². The Bertz CT molecular complexity index is 532. The van der Waals surface area contributed by atoms with E-state index < -0.39 is 0 Å². The fraction of sp³-hybridized carbons (Fsp3) is 0.0769. The van der Waals surface area contributed by atoms with E-state index in [1.165, 1.54) is 0 Å². The van der Waals surface area contributed by atoms with Gasteiger partial charge in [-0.25, -0.2) is 0 Å². The maximum Gasteiger partial charge on any atom is 0.120 e. The predicted molar refractivity (Wildman–Crippen MR) is 73.5 cm³/mol. The number of rotatable bonds is 2. The molecule has 0 amide bonds. The summed E-state index contributed by atoms with van der Waals surface area (Å²) in [6, 6.07) is 10.8. The Morgan fingerprint density at radius 1 is 0.941 bits per heavy atom. The molecule has 0 unspecified atom stereocenters. The van der Waals surface area contributed by atoms with Crippen LogP contribution in [0.15, 0.2) is 36.4 Å². The van der Waals surface area contributed by atoms with E-state index in [4.69, 9.17) is 39.5 Å². The lowest BCUT2D eigenvalue weighted by molar-refractivity contribution is 0.415. The van der Waals surface area contributed by atoms with E-state index in [-0.39, 0.29) is 0 Å². The minimum atomic E-state index is 0.579. The third-order valence-electron chi connectivity index (χ3n) is 2.36. The summed E-state index contributed by atoms with van der Waals surface area (Å²) in [7, 11) is 1.59. The highest BCUT2D eigenvalue weighted by Gasteiger charge is 2.10. The monoisotopic (exact) mass is 286 g/mol. The van der Waals surface area contributed by atoms with Crippen molar-refractivity contribution in [2.45, 2.75) is 0 Å². The van der Waals surface area contributed by atoms with E-state index in [1.807, 2.05) is 6.07 Å². The van der Waals surface area contributed by atoms with Gasteiger partial charge in [-0.2, -0.15) is 0 Å². The van der Waals surface area contributed by atoms with E-state index in [0.29, 0.717) is 20.8 Å². The van der Waals surface area contributed by atoms with Gasteiger partial charge < -0.3 is 4.74 Å². The fourth-order valence-electron chi connectivity index (χ4n) is 1.60. The maximum absolute atomic E-state index is 6.14. The average Bonchev–Trinajstić information content (AvgIpc) is 2.28. The molecule has 0 atom stereocenters. The number of halogens is 3. The quantitative estimate of drug-likeness (QED) is 0.726. The van der Waals surface area contributed by atoms with Crippen LogP contribution in [0.25, 0.3) is 11.1 Å². The number of methoxy groups -OCH3 is 1. The molecule has 0 aromatic heterocycles. The van der Waals surface area contributed by atoms with Gasteiger partial charge >= 0.3 is 0 Å². The molecule has 2 aromatic rings. The zero-order chi connectivity index (χ0) is 12.4. The maximum atomic E-state index is 6.14. The van der Waals surface area contributed by atoms with Crippen LogP contribution in [0, 0.1) is 0 Å². The van der Waals surface area contributed by atoms with Gasteiger partial charge in [0.25, 0.3) is 0 Å². The van der Waals surface area contributed by atoms with E-state index in [2.05, 4.69) is 0 Å². The fourth-order valence-corrected chi connectivity index (χ4v) is 2.44. The Labute approximate surface area is 115 Å². The highest BCUT2D eigenvalue weighted by molar-refractivity contribution is 6.39. The highest BCUT2D eigenvalue weighted by Crippen LogP contribution is 2.37. The number of benzene rings is 2. The van der Waals surface area contributed by atoms with Crippen molar-refractivity contribution >= 4 is 34.8 Å². The zero-order valence-electron chi connectivity index (χ0n) is 9.01. The van der Waals surface area contributed by atoms with Gasteiger partial charge in [-0.05, 0) is 35.9 Å². The second-order valence-electron chi connectivity index (χ2n) is 3.48. The highest BCUT2D eigenvalue weighted by atomic mass is 35.5. The molecule has 2 rings (SSSR count). The number of hydrogen-bond donors (Lipinski definition) is 0. The predicted octanol–water partition coefficient (Wildman–Crippen LogP) is 5.32. The molecule has 1 nitrogen and oxygen atoms in total. The molecule has 88 valence electrons. The lowest BCUT2D eigenvalue weighted by atomic mass is 10.1. The van der Waals surface area contributed by atoms with E-state index in [0.717, 1.165) is 11.1 Å². The van der Waals surface area contributed by atoms with Crippen molar-refractivity contribution < 1.29 is 4.74 Å². The molecular weight excluding hydrogens is 279 g/mol. The van der Waals surface area contributed by atoms with Gasteiger partial charge in [0.05, 0.1) is 7.11 Å². The van der Waals surface area contributed by atoms with Crippen LogP contribution in [-0.2, 0) is 0 Å². The van der Waals surface area contributed by atoms with Gasteiger partial charge in [0.15, 0.2) is 0 Å². The van der Waals surface area contributed by atoms with Crippen LogP contribution in [-0.4, -0.2) is 7.11 Å². The summed E-state index contributed by atoms with van der Waals surface area (Å²) in [4.78, 5) is 0. The molecular formula is C13H9Cl3O. The Morgan fingerprint density at radius 3 is 2.18 bits per heavy atom. The van der Waals surface area contributed by atoms with E-state index >= 15 is 0 Å². The van der Waals surface area contributed by atoms with Crippen molar-refractivity contribution in [1.29, 1.82) is 0 Å². The lowest BCUT2D eigenvalue weighted by Crippen LogP contribution is -1.86. The van der Waals surface area contributed by atoms with Crippen molar-refractivity contribution in [2.24, 2.45) is 0 Å². The molecule has 0 saturated carbocycles. The van der Waals surface area contributed by atoms with Crippen LogP contribution < -0.4 is 4.74 Å². The van der Waals surface area contributed by atoms with Crippen molar-refractivity contribution in [2.75, 3.05) is 7.11 Å². The third kappa shape index (κ3) is 2.68. The second-order valence-corrected chi connectivity index (χ2v) is 4.73. The van der Waals surface area contributed by atoms with E-state index in [9.17, 15) is 0 Å². The van der Waals surface area contributed by atoms with Crippen molar-refractivity contribution in [3.05, 3.63) is 51.5 Å². The molecule has 0 radical (unpaired) electrons. The first-order chi connectivity index (χ1) is 8.11. The lowest BCUT2D eigenvalue weighted by Gasteiger charge is -2.09. The topological polar surface area (TPSA) is 9.23 Å². The molecule has 0 aliphatic rings. The van der Waals surface area contributed by atoms with Crippen LogP contribution in [0.5, 0.6) is 5.75 Å². The first-order valence-electron chi connectivity index (χ1n) is 4.91. The number of ether oxygens (including phenoxy) is 1. The van der Waals surface area contributed by atoms with Crippen molar-refractivity contribution in [1.82, 2.24) is 0 Å². The molecule has 0 N–H and O–H groups in total. The molecule has 0 saturated heterocycles. The molecule has 0 spiro atoms. The minimum Gasteiger partial charge on any atom is -0.497 e. The summed E-state index contributed by atoms with van der Waals surface area (Å²) in [6.07, 6.45) is 0. The minimum absolute atomic E-state index is 0.579.